The first-order valence-corrected chi connectivity index (χ1v) is 10.6. The Bertz CT molecular complexity index is 862. The molecule has 0 saturated carbocycles. The predicted octanol–water partition coefficient (Wildman–Crippen LogP) is 5.72. The first-order valence-electron chi connectivity index (χ1n) is 10.6. The van der Waals surface area contributed by atoms with Crippen molar-refractivity contribution in [3.8, 4) is 0 Å². The minimum Gasteiger partial charge on any atom is -0.372 e. The van der Waals surface area contributed by atoms with E-state index in [0.29, 0.717) is 18.6 Å². The van der Waals surface area contributed by atoms with Crippen LogP contribution in [0.2, 0.25) is 0 Å². The zero-order valence-corrected chi connectivity index (χ0v) is 17.7. The Kier molecular flexibility index (Phi) is 6.13. The van der Waals surface area contributed by atoms with Gasteiger partial charge in [-0.05, 0) is 44.0 Å². The Hall–Kier alpha value is -2.42. The number of likely N-dealkylation sites (tertiary alicyclic amines) is 1. The highest BCUT2D eigenvalue weighted by Gasteiger charge is 2.39. The van der Waals surface area contributed by atoms with E-state index in [4.69, 9.17) is 4.74 Å². The lowest BCUT2D eigenvalue weighted by Gasteiger charge is -2.34. The molecule has 1 saturated heterocycles. The Balaban J connectivity index is 1.61. The highest BCUT2D eigenvalue weighted by molar-refractivity contribution is 5.35. The van der Waals surface area contributed by atoms with Crippen molar-refractivity contribution in [1.29, 1.82) is 0 Å². The van der Waals surface area contributed by atoms with E-state index in [-0.39, 0.29) is 6.10 Å². The van der Waals surface area contributed by atoms with Crippen LogP contribution in [-0.2, 0) is 11.3 Å². The van der Waals surface area contributed by atoms with Crippen LogP contribution in [0.4, 0.5) is 0 Å². The molecule has 0 unspecified atom stereocenters. The zero-order chi connectivity index (χ0) is 20.2. The molecule has 150 valence electrons. The van der Waals surface area contributed by atoms with Crippen molar-refractivity contribution in [1.82, 2.24) is 4.90 Å². The van der Waals surface area contributed by atoms with Gasteiger partial charge < -0.3 is 4.74 Å². The molecule has 1 aliphatic heterocycles. The lowest BCUT2D eigenvalue weighted by atomic mass is 9.83. The quantitative estimate of drug-likeness (QED) is 0.538. The van der Waals surface area contributed by atoms with Gasteiger partial charge in [-0.3, -0.25) is 4.90 Å². The number of rotatable bonds is 6. The van der Waals surface area contributed by atoms with E-state index in [1.54, 1.807) is 0 Å². The maximum absolute atomic E-state index is 6.56. The van der Waals surface area contributed by atoms with Gasteiger partial charge in [0.15, 0.2) is 0 Å². The van der Waals surface area contributed by atoms with Gasteiger partial charge in [0, 0.05) is 18.5 Å². The Morgan fingerprint density at radius 2 is 1.41 bits per heavy atom. The maximum atomic E-state index is 6.56. The largest absolute Gasteiger partial charge is 0.372 e. The first-order chi connectivity index (χ1) is 14.1. The van der Waals surface area contributed by atoms with E-state index in [1.165, 1.54) is 27.8 Å². The van der Waals surface area contributed by atoms with Crippen molar-refractivity contribution in [3.63, 3.8) is 0 Å². The average molecular weight is 386 g/mol. The lowest BCUT2D eigenvalue weighted by molar-refractivity contribution is 0.0147. The molecule has 0 bridgehead atoms. The molecule has 0 amide bonds. The standard InChI is InChI=1S/C27H31NO/c1-20-16-21(2)18-22(17-20)19-29-25-14-15-28(3)27(25)26(23-10-6-4-7-11-23)24-12-8-5-9-13-24/h4-13,16-18,25-27H,14-15,19H2,1-3H3/t25-,27+/m0/s1. The fraction of sp³-hybridized carbons (Fsp3) is 0.333. The molecule has 0 spiro atoms. The fourth-order valence-corrected chi connectivity index (χ4v) is 4.85. The third-order valence-corrected chi connectivity index (χ3v) is 6.06. The third kappa shape index (κ3) is 4.60. The van der Waals surface area contributed by atoms with Gasteiger partial charge in [-0.2, -0.15) is 0 Å². The van der Waals surface area contributed by atoms with E-state index in [2.05, 4.69) is 105 Å². The molecule has 0 N–H and O–H groups in total. The normalized spacial score (nSPS) is 19.7. The molecule has 0 aliphatic carbocycles. The summed E-state index contributed by atoms with van der Waals surface area (Å²) in [6.45, 7) is 6.05. The van der Waals surface area contributed by atoms with Crippen LogP contribution in [0.5, 0.6) is 0 Å². The molecular formula is C27H31NO. The highest BCUT2D eigenvalue weighted by atomic mass is 16.5. The molecule has 2 heteroatoms. The summed E-state index contributed by atoms with van der Waals surface area (Å²) in [5, 5.41) is 0. The number of benzene rings is 3. The maximum Gasteiger partial charge on any atom is 0.0756 e. The number of ether oxygens (including phenoxy) is 1. The van der Waals surface area contributed by atoms with Crippen LogP contribution < -0.4 is 0 Å². The second-order valence-corrected chi connectivity index (χ2v) is 8.40. The van der Waals surface area contributed by atoms with Gasteiger partial charge in [-0.25, -0.2) is 0 Å². The van der Waals surface area contributed by atoms with Gasteiger partial charge in [0.05, 0.1) is 12.7 Å². The van der Waals surface area contributed by atoms with E-state index in [1.807, 2.05) is 0 Å². The smallest absolute Gasteiger partial charge is 0.0756 e. The van der Waals surface area contributed by atoms with Crippen LogP contribution in [0.25, 0.3) is 0 Å². The minimum absolute atomic E-state index is 0.214. The third-order valence-electron chi connectivity index (χ3n) is 6.06. The van der Waals surface area contributed by atoms with Crippen molar-refractivity contribution < 1.29 is 4.74 Å². The van der Waals surface area contributed by atoms with Crippen molar-refractivity contribution in [2.24, 2.45) is 0 Å². The molecule has 3 aromatic carbocycles. The number of hydrogen-bond acceptors (Lipinski definition) is 2. The van der Waals surface area contributed by atoms with E-state index >= 15 is 0 Å². The highest BCUT2D eigenvalue weighted by Crippen LogP contribution is 2.37. The molecule has 1 heterocycles. The van der Waals surface area contributed by atoms with Crippen LogP contribution in [0.3, 0.4) is 0 Å². The van der Waals surface area contributed by atoms with Gasteiger partial charge in [0.1, 0.15) is 0 Å². The molecule has 3 aromatic rings. The molecule has 2 nitrogen and oxygen atoms in total. The fourth-order valence-electron chi connectivity index (χ4n) is 4.85. The van der Waals surface area contributed by atoms with Crippen molar-refractivity contribution in [2.45, 2.75) is 44.9 Å². The number of hydrogen-bond donors (Lipinski definition) is 0. The SMILES string of the molecule is Cc1cc(C)cc(CO[C@H]2CCN(C)[C@H]2C(c2ccccc2)c2ccccc2)c1. The molecule has 1 fully saturated rings. The summed E-state index contributed by atoms with van der Waals surface area (Å²) in [4.78, 5) is 2.48. The topological polar surface area (TPSA) is 12.5 Å². The number of nitrogens with zero attached hydrogens (tertiary/aromatic N) is 1. The predicted molar refractivity (Wildman–Crippen MR) is 120 cm³/mol. The van der Waals surface area contributed by atoms with Gasteiger partial charge in [0.25, 0.3) is 0 Å². The number of aryl methyl sites for hydroxylation is 2. The van der Waals surface area contributed by atoms with Gasteiger partial charge in [-0.15, -0.1) is 0 Å². The van der Waals surface area contributed by atoms with Gasteiger partial charge in [-0.1, -0.05) is 90.0 Å². The van der Waals surface area contributed by atoms with Crippen LogP contribution in [0.1, 0.15) is 40.2 Å². The monoisotopic (exact) mass is 385 g/mol. The molecule has 1 aliphatic rings. The molecule has 29 heavy (non-hydrogen) atoms. The summed E-state index contributed by atoms with van der Waals surface area (Å²) >= 11 is 0. The van der Waals surface area contributed by atoms with Crippen LogP contribution in [0, 0.1) is 13.8 Å². The summed E-state index contributed by atoms with van der Waals surface area (Å²) in [6.07, 6.45) is 1.29. The van der Waals surface area contributed by atoms with Crippen LogP contribution >= 0.6 is 0 Å². The Labute approximate surface area is 175 Å². The molecule has 2 atom stereocenters. The van der Waals surface area contributed by atoms with E-state index in [0.717, 1.165) is 13.0 Å². The van der Waals surface area contributed by atoms with Crippen LogP contribution in [-0.4, -0.2) is 30.6 Å². The molecular weight excluding hydrogens is 354 g/mol. The molecule has 4 rings (SSSR count). The van der Waals surface area contributed by atoms with Crippen molar-refractivity contribution >= 4 is 0 Å². The summed E-state index contributed by atoms with van der Waals surface area (Å²) < 4.78 is 6.56. The first kappa shape index (κ1) is 19.9. The Morgan fingerprint density at radius 3 is 1.97 bits per heavy atom. The Morgan fingerprint density at radius 1 is 0.862 bits per heavy atom. The summed E-state index contributed by atoms with van der Waals surface area (Å²) in [5.74, 6) is 0.300. The van der Waals surface area contributed by atoms with Crippen LogP contribution in [0.15, 0.2) is 78.9 Å². The van der Waals surface area contributed by atoms with E-state index < -0.39 is 0 Å². The lowest BCUT2D eigenvalue weighted by Crippen LogP contribution is -2.39. The van der Waals surface area contributed by atoms with Gasteiger partial charge in [0.2, 0.25) is 0 Å². The second kappa shape index (κ2) is 8.94. The second-order valence-electron chi connectivity index (χ2n) is 8.40. The summed E-state index contributed by atoms with van der Waals surface area (Å²) in [6, 6.07) is 28.8. The summed E-state index contributed by atoms with van der Waals surface area (Å²) in [5.41, 5.74) is 6.59. The zero-order valence-electron chi connectivity index (χ0n) is 17.7. The molecule has 0 radical (unpaired) electrons. The van der Waals surface area contributed by atoms with Crippen molar-refractivity contribution in [2.75, 3.05) is 13.6 Å². The number of likely N-dealkylation sites (N-methyl/N-ethyl adjacent to an activating group) is 1. The van der Waals surface area contributed by atoms with Gasteiger partial charge >= 0.3 is 0 Å². The average Bonchev–Trinajstić information content (AvgIpc) is 3.08. The van der Waals surface area contributed by atoms with E-state index in [9.17, 15) is 0 Å². The minimum atomic E-state index is 0.214. The van der Waals surface area contributed by atoms with Crippen molar-refractivity contribution in [3.05, 3.63) is 107 Å². The summed E-state index contributed by atoms with van der Waals surface area (Å²) in [7, 11) is 2.24. The molecule has 0 aromatic heterocycles.